The van der Waals surface area contributed by atoms with Gasteiger partial charge in [-0.2, -0.15) is 5.10 Å². The number of aromatic amines is 1. The molecule has 0 bridgehead atoms. The van der Waals surface area contributed by atoms with Gasteiger partial charge in [-0.15, -0.1) is 0 Å². The molecule has 0 aliphatic carbocycles. The van der Waals surface area contributed by atoms with Crippen molar-refractivity contribution in [3.05, 3.63) is 52.7 Å². The van der Waals surface area contributed by atoms with Crippen molar-refractivity contribution in [2.45, 2.75) is 12.8 Å². The molecule has 3 heterocycles. The van der Waals surface area contributed by atoms with E-state index >= 15 is 0 Å². The second-order valence-corrected chi connectivity index (χ2v) is 7.38. The summed E-state index contributed by atoms with van der Waals surface area (Å²) in [5, 5.41) is 6.24. The monoisotopic (exact) mass is 385 g/mol. The van der Waals surface area contributed by atoms with Gasteiger partial charge in [0.2, 0.25) is 5.91 Å². The van der Waals surface area contributed by atoms with E-state index < -0.39 is 0 Å². The number of hydrogen-bond donors (Lipinski definition) is 1. The maximum Gasteiger partial charge on any atom is 0.266 e. The summed E-state index contributed by atoms with van der Waals surface area (Å²) in [4.78, 5) is 30.7. The van der Waals surface area contributed by atoms with Crippen LogP contribution in [-0.2, 0) is 4.79 Å². The molecule has 28 heavy (non-hydrogen) atoms. The Hall–Kier alpha value is -2.90. The number of piperazine rings is 1. The first kappa shape index (κ1) is 18.5. The smallest absolute Gasteiger partial charge is 0.266 e. The van der Waals surface area contributed by atoms with Gasteiger partial charge in [0.25, 0.3) is 5.56 Å². The second-order valence-electron chi connectivity index (χ2n) is 7.38. The molecule has 2 aliphatic rings. The van der Waals surface area contributed by atoms with E-state index in [9.17, 15) is 14.0 Å². The normalized spacial score (nSPS) is 20.3. The molecule has 7 nitrogen and oxygen atoms in total. The molecule has 2 aliphatic heterocycles. The number of aromatic nitrogens is 2. The predicted molar refractivity (Wildman–Crippen MR) is 105 cm³/mol. The van der Waals surface area contributed by atoms with Crippen LogP contribution < -0.4 is 15.4 Å². The van der Waals surface area contributed by atoms with Gasteiger partial charge in [-0.1, -0.05) is 0 Å². The Balaban J connectivity index is 1.35. The molecule has 2 saturated heterocycles. The van der Waals surface area contributed by atoms with E-state index in [1.54, 1.807) is 18.3 Å². The summed E-state index contributed by atoms with van der Waals surface area (Å²) in [6, 6.07) is 8.02. The van der Waals surface area contributed by atoms with E-state index in [2.05, 4.69) is 20.0 Å². The number of carbonyl (C=O) groups excluding carboxylic acids is 1. The molecule has 1 atom stereocenters. The fourth-order valence-corrected chi connectivity index (χ4v) is 4.05. The van der Waals surface area contributed by atoms with Gasteiger partial charge in [0.05, 0.1) is 17.8 Å². The number of H-pyrrole nitrogens is 1. The number of amides is 1. The molecule has 8 heteroatoms. The van der Waals surface area contributed by atoms with E-state index in [1.807, 2.05) is 4.90 Å². The van der Waals surface area contributed by atoms with Gasteiger partial charge in [0, 0.05) is 51.0 Å². The van der Waals surface area contributed by atoms with Crippen LogP contribution >= 0.6 is 0 Å². The fourth-order valence-electron chi connectivity index (χ4n) is 4.05. The topological polar surface area (TPSA) is 72.5 Å². The van der Waals surface area contributed by atoms with Crippen molar-refractivity contribution >= 4 is 17.3 Å². The zero-order valence-electron chi connectivity index (χ0n) is 15.7. The second kappa shape index (κ2) is 8.00. The van der Waals surface area contributed by atoms with Crippen LogP contribution in [0.2, 0.25) is 0 Å². The molecule has 1 N–H and O–H groups in total. The molecule has 148 valence electrons. The summed E-state index contributed by atoms with van der Waals surface area (Å²) in [6.07, 6.45) is 3.42. The maximum atomic E-state index is 13.1. The Kier molecular flexibility index (Phi) is 5.27. The lowest BCUT2D eigenvalue weighted by molar-refractivity contribution is -0.136. The van der Waals surface area contributed by atoms with Gasteiger partial charge >= 0.3 is 0 Å². The van der Waals surface area contributed by atoms with E-state index in [1.165, 1.54) is 18.2 Å². The number of rotatable bonds is 3. The van der Waals surface area contributed by atoms with Gasteiger partial charge in [-0.3, -0.25) is 9.59 Å². The number of hydrogen-bond acceptors (Lipinski definition) is 5. The quantitative estimate of drug-likeness (QED) is 0.866. The first-order valence-corrected chi connectivity index (χ1v) is 9.69. The van der Waals surface area contributed by atoms with Crippen molar-refractivity contribution in [2.24, 2.45) is 5.92 Å². The molecule has 2 aromatic rings. The van der Waals surface area contributed by atoms with Crippen molar-refractivity contribution in [3.63, 3.8) is 0 Å². The average molecular weight is 385 g/mol. The van der Waals surface area contributed by atoms with Gasteiger partial charge in [-0.05, 0) is 37.1 Å². The number of nitrogens with zero attached hydrogens (tertiary/aromatic N) is 4. The van der Waals surface area contributed by atoms with Crippen LogP contribution in [0, 0.1) is 11.7 Å². The maximum absolute atomic E-state index is 13.1. The summed E-state index contributed by atoms with van der Waals surface area (Å²) in [7, 11) is 0. The van der Waals surface area contributed by atoms with Crippen molar-refractivity contribution in [3.8, 4) is 0 Å². The Morgan fingerprint density at radius 1 is 1.04 bits per heavy atom. The SMILES string of the molecule is O=C(C1CCCN(c2cn[nH]c(=O)c2)C1)N1CCN(c2ccc(F)cc2)CC1. The molecule has 1 aromatic carbocycles. The van der Waals surface area contributed by atoms with Crippen LogP contribution in [-0.4, -0.2) is 60.3 Å². The molecular weight excluding hydrogens is 361 g/mol. The van der Waals surface area contributed by atoms with E-state index in [0.29, 0.717) is 19.6 Å². The third-order valence-electron chi connectivity index (χ3n) is 5.57. The summed E-state index contributed by atoms with van der Waals surface area (Å²) >= 11 is 0. The van der Waals surface area contributed by atoms with Crippen LogP contribution in [0.25, 0.3) is 0 Å². The minimum Gasteiger partial charge on any atom is -0.369 e. The third kappa shape index (κ3) is 4.00. The van der Waals surface area contributed by atoms with Crippen LogP contribution in [0.5, 0.6) is 0 Å². The van der Waals surface area contributed by atoms with Gasteiger partial charge in [0.1, 0.15) is 5.82 Å². The Morgan fingerprint density at radius 3 is 2.50 bits per heavy atom. The molecular formula is C20H24FN5O2. The number of halogens is 1. The molecule has 1 unspecified atom stereocenters. The standard InChI is InChI=1S/C20H24FN5O2/c21-16-3-5-17(6-4-16)24-8-10-25(11-9-24)20(28)15-2-1-7-26(14-15)18-12-19(27)23-22-13-18/h3-6,12-13,15H,1-2,7-11,14H2,(H,23,27). The summed E-state index contributed by atoms with van der Waals surface area (Å²) in [5.41, 5.74) is 1.52. The summed E-state index contributed by atoms with van der Waals surface area (Å²) in [6.45, 7) is 4.26. The average Bonchev–Trinajstić information content (AvgIpc) is 2.74. The van der Waals surface area contributed by atoms with E-state index in [-0.39, 0.29) is 23.2 Å². The zero-order valence-corrected chi connectivity index (χ0v) is 15.7. The van der Waals surface area contributed by atoms with Crippen LogP contribution in [0.3, 0.4) is 0 Å². The van der Waals surface area contributed by atoms with Crippen molar-refractivity contribution in [1.82, 2.24) is 15.1 Å². The molecule has 0 spiro atoms. The van der Waals surface area contributed by atoms with Crippen molar-refractivity contribution in [2.75, 3.05) is 49.1 Å². The van der Waals surface area contributed by atoms with E-state index in [0.717, 1.165) is 43.9 Å². The minimum absolute atomic E-state index is 0.0644. The summed E-state index contributed by atoms with van der Waals surface area (Å²) in [5.74, 6) is -0.123. The Bertz CT molecular complexity index is 877. The lowest BCUT2D eigenvalue weighted by Gasteiger charge is -2.40. The zero-order chi connectivity index (χ0) is 19.5. The first-order chi connectivity index (χ1) is 13.6. The predicted octanol–water partition coefficient (Wildman–Crippen LogP) is 1.47. The fraction of sp³-hybridized carbons (Fsp3) is 0.450. The molecule has 1 aromatic heterocycles. The highest BCUT2D eigenvalue weighted by molar-refractivity contribution is 5.80. The van der Waals surface area contributed by atoms with Gasteiger partial charge in [0.15, 0.2) is 0 Å². The van der Waals surface area contributed by atoms with E-state index in [4.69, 9.17) is 0 Å². The lowest BCUT2D eigenvalue weighted by Crippen LogP contribution is -2.52. The van der Waals surface area contributed by atoms with Crippen LogP contribution in [0.1, 0.15) is 12.8 Å². The Labute approximate surface area is 162 Å². The largest absolute Gasteiger partial charge is 0.369 e. The number of nitrogens with one attached hydrogen (secondary N) is 1. The first-order valence-electron chi connectivity index (χ1n) is 9.69. The lowest BCUT2D eigenvalue weighted by atomic mass is 9.96. The Morgan fingerprint density at radius 2 is 1.79 bits per heavy atom. The highest BCUT2D eigenvalue weighted by Gasteiger charge is 2.31. The highest BCUT2D eigenvalue weighted by atomic mass is 19.1. The molecule has 0 saturated carbocycles. The van der Waals surface area contributed by atoms with Crippen molar-refractivity contribution in [1.29, 1.82) is 0 Å². The number of benzene rings is 1. The third-order valence-corrected chi connectivity index (χ3v) is 5.57. The molecule has 2 fully saturated rings. The van der Waals surface area contributed by atoms with Gasteiger partial charge in [-0.25, -0.2) is 9.49 Å². The molecule has 1 amide bonds. The number of anilines is 2. The van der Waals surface area contributed by atoms with Crippen molar-refractivity contribution < 1.29 is 9.18 Å². The molecule has 4 rings (SSSR count). The number of piperidine rings is 1. The highest BCUT2D eigenvalue weighted by Crippen LogP contribution is 2.24. The van der Waals surface area contributed by atoms with Crippen LogP contribution in [0.4, 0.5) is 15.8 Å². The molecule has 0 radical (unpaired) electrons. The van der Waals surface area contributed by atoms with Gasteiger partial charge < -0.3 is 14.7 Å². The summed E-state index contributed by atoms with van der Waals surface area (Å²) < 4.78 is 13.1. The van der Waals surface area contributed by atoms with Crippen LogP contribution in [0.15, 0.2) is 41.3 Å². The number of carbonyl (C=O) groups is 1. The minimum atomic E-state index is -0.241.